The van der Waals surface area contributed by atoms with E-state index in [0.29, 0.717) is 29.9 Å². The number of methoxy groups -OCH3 is 1. The monoisotopic (exact) mass is 341 g/mol. The van der Waals surface area contributed by atoms with Gasteiger partial charge in [0.15, 0.2) is 0 Å². The molecule has 1 saturated heterocycles. The molecule has 2 bridgehead atoms. The lowest BCUT2D eigenvalue weighted by atomic mass is 10.2. The van der Waals surface area contributed by atoms with Crippen LogP contribution in [-0.2, 0) is 4.74 Å². The van der Waals surface area contributed by atoms with Gasteiger partial charge in [-0.05, 0) is 25.0 Å². The summed E-state index contributed by atoms with van der Waals surface area (Å²) in [6, 6.07) is 3.02. The molecule has 0 aliphatic carbocycles. The van der Waals surface area contributed by atoms with E-state index in [1.54, 1.807) is 13.0 Å². The number of imidazole rings is 1. The normalized spacial score (nSPS) is 20.4. The van der Waals surface area contributed by atoms with E-state index in [4.69, 9.17) is 10.00 Å². The van der Waals surface area contributed by atoms with Crippen LogP contribution >= 0.6 is 0 Å². The second kappa shape index (κ2) is 5.11. The predicted molar refractivity (Wildman–Crippen MR) is 84.4 cm³/mol. The van der Waals surface area contributed by atoms with E-state index in [-0.39, 0.29) is 29.3 Å². The van der Waals surface area contributed by atoms with Gasteiger partial charge in [-0.2, -0.15) is 5.26 Å². The summed E-state index contributed by atoms with van der Waals surface area (Å²) in [5, 5.41) is 19.6. The van der Waals surface area contributed by atoms with Crippen molar-refractivity contribution >= 4 is 6.09 Å². The zero-order valence-electron chi connectivity index (χ0n) is 13.6. The number of pyridine rings is 1. The number of carbonyl (C=O) groups is 1. The van der Waals surface area contributed by atoms with Gasteiger partial charge in [-0.3, -0.25) is 9.47 Å². The van der Waals surface area contributed by atoms with Gasteiger partial charge in [0.1, 0.15) is 17.5 Å². The Balaban J connectivity index is 1.85. The summed E-state index contributed by atoms with van der Waals surface area (Å²) in [6.07, 6.45) is 1.48. The minimum atomic E-state index is -0.478. The van der Waals surface area contributed by atoms with Crippen molar-refractivity contribution in [2.75, 3.05) is 13.7 Å². The second-order valence-electron chi connectivity index (χ2n) is 6.20. The van der Waals surface area contributed by atoms with E-state index in [1.807, 2.05) is 6.07 Å². The molecule has 2 aliphatic rings. The van der Waals surface area contributed by atoms with Crippen molar-refractivity contribution in [2.45, 2.75) is 25.4 Å². The van der Waals surface area contributed by atoms with Crippen LogP contribution in [-0.4, -0.2) is 43.9 Å². The maximum Gasteiger partial charge on any atom is 0.410 e. The number of aryl methyl sites for hydroxylation is 1. The van der Waals surface area contributed by atoms with Crippen LogP contribution in [0.1, 0.15) is 35.5 Å². The van der Waals surface area contributed by atoms with E-state index < -0.39 is 6.09 Å². The van der Waals surface area contributed by atoms with Gasteiger partial charge in [-0.1, -0.05) is 0 Å². The van der Waals surface area contributed by atoms with Gasteiger partial charge in [-0.25, -0.2) is 19.1 Å². The summed E-state index contributed by atoms with van der Waals surface area (Å²) in [7, 11) is 1.30. The first-order valence-corrected chi connectivity index (χ1v) is 7.75. The number of fused-ring (bicyclic) bond motifs is 5. The molecule has 4 rings (SSSR count). The largest absolute Gasteiger partial charge is 0.493 e. The van der Waals surface area contributed by atoms with Crippen molar-refractivity contribution in [1.29, 1.82) is 5.26 Å². The Hall–Kier alpha value is -3.28. The molecule has 9 nitrogen and oxygen atoms in total. The molecular weight excluding hydrogens is 326 g/mol. The van der Waals surface area contributed by atoms with Crippen molar-refractivity contribution in [3.63, 3.8) is 0 Å². The zero-order valence-corrected chi connectivity index (χ0v) is 13.6. The summed E-state index contributed by atoms with van der Waals surface area (Å²) < 4.78 is 7.47. The first kappa shape index (κ1) is 15.3. The maximum atomic E-state index is 12.8. The minimum absolute atomic E-state index is 0.189. The van der Waals surface area contributed by atoms with Gasteiger partial charge in [0, 0.05) is 6.54 Å². The van der Waals surface area contributed by atoms with Gasteiger partial charge in [0.25, 0.3) is 0 Å². The molecule has 0 radical (unpaired) electrons. The van der Waals surface area contributed by atoms with Gasteiger partial charge in [0.05, 0.1) is 31.1 Å². The lowest BCUT2D eigenvalue weighted by molar-refractivity contribution is 0.112. The first-order chi connectivity index (χ1) is 12.0. The number of ether oxygens (including phenoxy) is 1. The maximum absolute atomic E-state index is 12.8. The molecular formula is C16H15N5O4. The van der Waals surface area contributed by atoms with E-state index >= 15 is 0 Å². The molecule has 2 aliphatic heterocycles. The third-order valence-corrected chi connectivity index (χ3v) is 4.89. The quantitative estimate of drug-likeness (QED) is 0.827. The molecule has 25 heavy (non-hydrogen) atoms. The van der Waals surface area contributed by atoms with Crippen LogP contribution in [0.3, 0.4) is 0 Å². The van der Waals surface area contributed by atoms with Crippen LogP contribution in [0.4, 0.5) is 4.79 Å². The fourth-order valence-electron chi connectivity index (χ4n) is 3.80. The summed E-state index contributed by atoms with van der Waals surface area (Å²) in [5.41, 5.74) is 1.28. The number of rotatable bonds is 1. The lowest BCUT2D eigenvalue weighted by Crippen LogP contribution is -2.37. The molecule has 2 aromatic rings. The molecule has 9 heteroatoms. The van der Waals surface area contributed by atoms with Crippen molar-refractivity contribution < 1.29 is 14.6 Å². The average Bonchev–Trinajstić information content (AvgIpc) is 3.26. The van der Waals surface area contributed by atoms with Crippen LogP contribution < -0.4 is 5.69 Å². The van der Waals surface area contributed by atoms with E-state index in [1.165, 1.54) is 22.8 Å². The molecule has 1 amide bonds. The highest BCUT2D eigenvalue weighted by Crippen LogP contribution is 2.48. The van der Waals surface area contributed by atoms with Crippen LogP contribution in [0.15, 0.2) is 17.1 Å². The van der Waals surface area contributed by atoms with Crippen molar-refractivity contribution in [1.82, 2.24) is 19.0 Å². The molecule has 0 spiro atoms. The van der Waals surface area contributed by atoms with Crippen LogP contribution in [0.2, 0.25) is 0 Å². The third kappa shape index (κ3) is 1.91. The fraction of sp³-hybridized carbons (Fsp3) is 0.375. The Labute approximate surface area is 142 Å². The fourth-order valence-corrected chi connectivity index (χ4v) is 3.80. The van der Waals surface area contributed by atoms with Crippen molar-refractivity contribution in [3.8, 4) is 17.6 Å². The Morgan fingerprint density at radius 1 is 1.52 bits per heavy atom. The number of hydrogen-bond acceptors (Lipinski definition) is 6. The highest BCUT2D eigenvalue weighted by molar-refractivity contribution is 5.69. The van der Waals surface area contributed by atoms with E-state index in [9.17, 15) is 14.7 Å². The number of nitriles is 1. The number of carbonyl (C=O) groups excluding carboxylic acids is 1. The van der Waals surface area contributed by atoms with Crippen LogP contribution in [0.25, 0.3) is 5.69 Å². The van der Waals surface area contributed by atoms with Gasteiger partial charge in [0.2, 0.25) is 5.88 Å². The highest BCUT2D eigenvalue weighted by Gasteiger charge is 2.49. The van der Waals surface area contributed by atoms with E-state index in [0.717, 1.165) is 4.57 Å². The SMILES string of the molecule is COC(=O)N1C[C@H]2CC1c1c(O)n(-c3cnc(C#N)c(C)c3)c(=O)n12. The Morgan fingerprint density at radius 3 is 2.92 bits per heavy atom. The summed E-state index contributed by atoms with van der Waals surface area (Å²) in [6.45, 7) is 2.09. The predicted octanol–water partition coefficient (Wildman–Crippen LogP) is 0.988. The number of aromatic hydroxyl groups is 1. The molecule has 128 valence electrons. The Kier molecular flexibility index (Phi) is 3.12. The zero-order chi connectivity index (χ0) is 17.9. The summed E-state index contributed by atoms with van der Waals surface area (Å²) in [5.74, 6) is -0.211. The third-order valence-electron chi connectivity index (χ3n) is 4.89. The standard InChI is InChI=1S/C16H15N5O4/c1-8-3-9(6-18-11(8)5-17)21-14(22)13-12-4-10(20(13)15(21)23)7-19(12)16(24)25-2/h3,6,10,12,22H,4,7H2,1-2H3/t10-,12?/m1/s1. The lowest BCUT2D eigenvalue weighted by Gasteiger charge is -2.26. The number of amides is 1. The molecule has 2 atom stereocenters. The van der Waals surface area contributed by atoms with Crippen LogP contribution in [0, 0.1) is 18.3 Å². The molecule has 2 aromatic heterocycles. The topological polar surface area (TPSA) is 113 Å². The van der Waals surface area contributed by atoms with Gasteiger partial charge >= 0.3 is 11.8 Å². The average molecular weight is 341 g/mol. The molecule has 0 aromatic carbocycles. The summed E-state index contributed by atoms with van der Waals surface area (Å²) >= 11 is 0. The van der Waals surface area contributed by atoms with Crippen molar-refractivity contribution in [2.24, 2.45) is 0 Å². The Bertz CT molecular complexity index is 999. The number of aromatic nitrogens is 3. The Morgan fingerprint density at radius 2 is 2.28 bits per heavy atom. The molecule has 4 heterocycles. The molecule has 1 N–H and O–H groups in total. The molecule has 1 fully saturated rings. The summed E-state index contributed by atoms with van der Waals surface area (Å²) in [4.78, 5) is 30.3. The van der Waals surface area contributed by atoms with Gasteiger partial charge in [-0.15, -0.1) is 0 Å². The number of nitrogens with zero attached hydrogens (tertiary/aromatic N) is 5. The second-order valence-corrected chi connectivity index (χ2v) is 6.20. The number of hydrogen-bond donors (Lipinski definition) is 1. The molecule has 0 saturated carbocycles. The first-order valence-electron chi connectivity index (χ1n) is 7.75. The van der Waals surface area contributed by atoms with E-state index in [2.05, 4.69) is 4.98 Å². The number of likely N-dealkylation sites (tertiary alicyclic amines) is 1. The van der Waals surface area contributed by atoms with Crippen molar-refractivity contribution in [3.05, 3.63) is 39.7 Å². The smallest absolute Gasteiger partial charge is 0.410 e. The minimum Gasteiger partial charge on any atom is -0.493 e. The highest BCUT2D eigenvalue weighted by atomic mass is 16.5. The van der Waals surface area contributed by atoms with Crippen LogP contribution in [0.5, 0.6) is 5.88 Å². The van der Waals surface area contributed by atoms with Gasteiger partial charge < -0.3 is 9.84 Å². The molecule has 1 unspecified atom stereocenters.